The Bertz CT molecular complexity index is 1130. The van der Waals surface area contributed by atoms with Crippen LogP contribution in [0.4, 0.5) is 11.6 Å². The molecule has 3 heterocycles. The van der Waals surface area contributed by atoms with Crippen LogP contribution < -0.4 is 10.1 Å². The molecule has 0 aliphatic carbocycles. The first-order chi connectivity index (χ1) is 13.6. The SMILES string of the molecule is COc1c(C)cnn1-c1cc(-c2ccnc(Nc3cccc(Cl)c3)n2)ccn1. The summed E-state index contributed by atoms with van der Waals surface area (Å²) in [5.74, 6) is 1.77. The van der Waals surface area contributed by atoms with Gasteiger partial charge in [-0.2, -0.15) is 9.78 Å². The molecule has 0 aliphatic heterocycles. The van der Waals surface area contributed by atoms with Crippen LogP contribution in [0.5, 0.6) is 5.88 Å². The maximum atomic E-state index is 6.03. The summed E-state index contributed by atoms with van der Waals surface area (Å²) in [5.41, 5.74) is 3.39. The van der Waals surface area contributed by atoms with E-state index in [1.54, 1.807) is 30.4 Å². The van der Waals surface area contributed by atoms with Crippen molar-refractivity contribution in [1.82, 2.24) is 24.7 Å². The van der Waals surface area contributed by atoms with Gasteiger partial charge in [-0.1, -0.05) is 17.7 Å². The van der Waals surface area contributed by atoms with E-state index in [2.05, 4.69) is 25.4 Å². The molecule has 4 aromatic rings. The molecule has 1 aromatic carbocycles. The summed E-state index contributed by atoms with van der Waals surface area (Å²) < 4.78 is 7.08. The second kappa shape index (κ2) is 7.66. The smallest absolute Gasteiger partial charge is 0.227 e. The quantitative estimate of drug-likeness (QED) is 0.541. The first kappa shape index (κ1) is 17.9. The summed E-state index contributed by atoms with van der Waals surface area (Å²) >= 11 is 6.03. The zero-order valence-electron chi connectivity index (χ0n) is 15.3. The molecule has 0 aliphatic rings. The molecule has 3 aromatic heterocycles. The predicted molar refractivity (Wildman–Crippen MR) is 108 cm³/mol. The third-order valence-electron chi connectivity index (χ3n) is 4.08. The fourth-order valence-electron chi connectivity index (χ4n) is 2.80. The van der Waals surface area contributed by atoms with Crippen LogP contribution in [0.15, 0.2) is 61.1 Å². The number of rotatable bonds is 5. The van der Waals surface area contributed by atoms with Gasteiger partial charge in [0.15, 0.2) is 5.82 Å². The topological polar surface area (TPSA) is 77.8 Å². The summed E-state index contributed by atoms with van der Waals surface area (Å²) in [6.07, 6.45) is 5.16. The Morgan fingerprint density at radius 3 is 2.75 bits per heavy atom. The highest BCUT2D eigenvalue weighted by molar-refractivity contribution is 6.30. The van der Waals surface area contributed by atoms with Crippen LogP contribution in [0.1, 0.15) is 5.56 Å². The third-order valence-corrected chi connectivity index (χ3v) is 4.32. The number of halogens is 1. The van der Waals surface area contributed by atoms with E-state index in [-0.39, 0.29) is 0 Å². The molecule has 1 N–H and O–H groups in total. The van der Waals surface area contributed by atoms with Gasteiger partial charge in [-0.15, -0.1) is 0 Å². The van der Waals surface area contributed by atoms with E-state index >= 15 is 0 Å². The van der Waals surface area contributed by atoms with Gasteiger partial charge in [0.05, 0.1) is 19.0 Å². The van der Waals surface area contributed by atoms with E-state index < -0.39 is 0 Å². The molecule has 140 valence electrons. The number of pyridine rings is 1. The Hall–Kier alpha value is -3.45. The number of aromatic nitrogens is 5. The zero-order chi connectivity index (χ0) is 19.5. The van der Waals surface area contributed by atoms with Crippen molar-refractivity contribution in [2.45, 2.75) is 6.92 Å². The van der Waals surface area contributed by atoms with Crippen LogP contribution in [0.2, 0.25) is 5.02 Å². The second-order valence-electron chi connectivity index (χ2n) is 6.05. The van der Waals surface area contributed by atoms with Crippen molar-refractivity contribution in [3.05, 3.63) is 71.6 Å². The third kappa shape index (κ3) is 3.65. The van der Waals surface area contributed by atoms with E-state index in [9.17, 15) is 0 Å². The maximum Gasteiger partial charge on any atom is 0.227 e. The summed E-state index contributed by atoms with van der Waals surface area (Å²) in [7, 11) is 1.61. The number of hydrogen-bond acceptors (Lipinski definition) is 6. The Balaban J connectivity index is 1.66. The van der Waals surface area contributed by atoms with E-state index in [4.69, 9.17) is 16.3 Å². The summed E-state index contributed by atoms with van der Waals surface area (Å²) in [4.78, 5) is 13.3. The molecule has 0 spiro atoms. The number of anilines is 2. The second-order valence-corrected chi connectivity index (χ2v) is 6.49. The lowest BCUT2D eigenvalue weighted by Gasteiger charge is -2.09. The zero-order valence-corrected chi connectivity index (χ0v) is 16.1. The average molecular weight is 393 g/mol. The normalized spacial score (nSPS) is 10.7. The predicted octanol–water partition coefficient (Wildman–Crippen LogP) is 4.44. The highest BCUT2D eigenvalue weighted by Crippen LogP contribution is 2.25. The van der Waals surface area contributed by atoms with Gasteiger partial charge in [0.1, 0.15) is 0 Å². The van der Waals surface area contributed by atoms with E-state index in [0.717, 1.165) is 22.5 Å². The summed E-state index contributed by atoms with van der Waals surface area (Å²) in [6.45, 7) is 1.93. The van der Waals surface area contributed by atoms with Crippen LogP contribution in [-0.2, 0) is 0 Å². The van der Waals surface area contributed by atoms with Crippen molar-refractivity contribution in [3.8, 4) is 23.0 Å². The van der Waals surface area contributed by atoms with Crippen molar-refractivity contribution in [3.63, 3.8) is 0 Å². The van der Waals surface area contributed by atoms with Crippen molar-refractivity contribution < 1.29 is 4.74 Å². The number of aryl methyl sites for hydroxylation is 1. The molecule has 0 radical (unpaired) electrons. The number of nitrogens with zero attached hydrogens (tertiary/aromatic N) is 5. The standard InChI is InChI=1S/C20H17ClN6O/c1-13-12-24-27(19(13)28-2)18-10-14(6-8-22-18)17-7-9-23-20(26-17)25-16-5-3-4-15(21)11-16/h3-12H,1-2H3,(H,23,25,26). The van der Waals surface area contributed by atoms with Gasteiger partial charge in [-0.3, -0.25) is 0 Å². The van der Waals surface area contributed by atoms with Gasteiger partial charge in [-0.25, -0.2) is 15.0 Å². The monoisotopic (exact) mass is 392 g/mol. The molecule has 8 heteroatoms. The molecule has 0 bridgehead atoms. The summed E-state index contributed by atoms with van der Waals surface area (Å²) in [6, 6.07) is 13.0. The van der Waals surface area contributed by atoms with Crippen LogP contribution in [0.3, 0.4) is 0 Å². The fourth-order valence-corrected chi connectivity index (χ4v) is 2.99. The Labute approximate surface area is 167 Å². The molecule has 0 saturated carbocycles. The van der Waals surface area contributed by atoms with Crippen LogP contribution in [0, 0.1) is 6.92 Å². The lowest BCUT2D eigenvalue weighted by Crippen LogP contribution is -2.03. The van der Waals surface area contributed by atoms with Gasteiger partial charge < -0.3 is 10.1 Å². The number of nitrogens with one attached hydrogen (secondary N) is 1. The highest BCUT2D eigenvalue weighted by Gasteiger charge is 2.12. The lowest BCUT2D eigenvalue weighted by molar-refractivity contribution is 0.380. The van der Waals surface area contributed by atoms with Gasteiger partial charge in [0, 0.05) is 34.2 Å². The van der Waals surface area contributed by atoms with Crippen molar-refractivity contribution in [2.24, 2.45) is 0 Å². The highest BCUT2D eigenvalue weighted by atomic mass is 35.5. The molecular weight excluding hydrogens is 376 g/mol. The van der Waals surface area contributed by atoms with Gasteiger partial charge >= 0.3 is 0 Å². The minimum Gasteiger partial charge on any atom is -0.481 e. The van der Waals surface area contributed by atoms with E-state index in [1.807, 2.05) is 49.4 Å². The number of hydrogen-bond donors (Lipinski definition) is 1. The molecule has 0 saturated heterocycles. The molecule has 4 rings (SSSR count). The molecule has 28 heavy (non-hydrogen) atoms. The van der Waals surface area contributed by atoms with Crippen LogP contribution in [0.25, 0.3) is 17.1 Å². The molecule has 0 amide bonds. The van der Waals surface area contributed by atoms with Crippen molar-refractivity contribution in [2.75, 3.05) is 12.4 Å². The largest absolute Gasteiger partial charge is 0.481 e. The van der Waals surface area contributed by atoms with Crippen LogP contribution >= 0.6 is 11.6 Å². The number of benzene rings is 1. The maximum absolute atomic E-state index is 6.03. The Kier molecular flexibility index (Phi) is 4.90. The molecular formula is C20H17ClN6O. The fraction of sp³-hybridized carbons (Fsp3) is 0.100. The van der Waals surface area contributed by atoms with E-state index in [0.29, 0.717) is 22.7 Å². The number of methoxy groups -OCH3 is 1. The van der Waals surface area contributed by atoms with Crippen molar-refractivity contribution >= 4 is 23.2 Å². The van der Waals surface area contributed by atoms with Crippen LogP contribution in [-0.4, -0.2) is 31.8 Å². The van der Waals surface area contributed by atoms with Gasteiger partial charge in [0.25, 0.3) is 0 Å². The Morgan fingerprint density at radius 1 is 1.07 bits per heavy atom. The minimum atomic E-state index is 0.477. The van der Waals surface area contributed by atoms with Gasteiger partial charge in [-0.05, 0) is 43.3 Å². The lowest BCUT2D eigenvalue weighted by atomic mass is 10.2. The summed E-state index contributed by atoms with van der Waals surface area (Å²) in [5, 5.41) is 8.15. The van der Waals surface area contributed by atoms with Crippen molar-refractivity contribution in [1.29, 1.82) is 0 Å². The number of ether oxygens (including phenoxy) is 1. The average Bonchev–Trinajstić information content (AvgIpc) is 3.09. The first-order valence-corrected chi connectivity index (χ1v) is 8.93. The molecule has 0 fully saturated rings. The molecule has 0 unspecified atom stereocenters. The minimum absolute atomic E-state index is 0.477. The Morgan fingerprint density at radius 2 is 1.93 bits per heavy atom. The molecule has 7 nitrogen and oxygen atoms in total. The van der Waals surface area contributed by atoms with Gasteiger partial charge in [0.2, 0.25) is 11.8 Å². The first-order valence-electron chi connectivity index (χ1n) is 8.55. The van der Waals surface area contributed by atoms with E-state index in [1.165, 1.54) is 0 Å². The molecule has 0 atom stereocenters.